The molecule has 136 valence electrons. The van der Waals surface area contributed by atoms with Gasteiger partial charge < -0.3 is 5.11 Å². The van der Waals surface area contributed by atoms with Crippen molar-refractivity contribution in [3.63, 3.8) is 0 Å². The minimum Gasteiger partial charge on any atom is -0.508 e. The van der Waals surface area contributed by atoms with E-state index in [9.17, 15) is 5.11 Å². The van der Waals surface area contributed by atoms with E-state index < -0.39 is 0 Å². The number of aromatic hydroxyl groups is 1. The summed E-state index contributed by atoms with van der Waals surface area (Å²) in [5.41, 5.74) is 6.65. The first-order chi connectivity index (χ1) is 9.52. The van der Waals surface area contributed by atoms with Crippen LogP contribution in [0.15, 0.2) is 34.9 Å². The van der Waals surface area contributed by atoms with E-state index in [0.717, 1.165) is 5.56 Å². The molecule has 1 aromatic rings. The maximum Gasteiger partial charge on any atom is 0.116 e. The Morgan fingerprint density at radius 2 is 1.46 bits per heavy atom. The first kappa shape index (κ1) is 28.6. The molecule has 2 rings (SSSR count). The van der Waals surface area contributed by atoms with E-state index in [-0.39, 0.29) is 51.9 Å². The Bertz CT molecular complexity index is 564. The van der Waals surface area contributed by atoms with Crippen molar-refractivity contribution in [3.8, 4) is 5.75 Å². The molecule has 1 aliphatic carbocycles. The molecule has 1 aliphatic rings. The van der Waals surface area contributed by atoms with Gasteiger partial charge in [-0.1, -0.05) is 53.5 Å². The number of hydrogen-bond donors (Lipinski definition) is 1. The summed E-state index contributed by atoms with van der Waals surface area (Å²) in [6, 6.07) is 5.71. The van der Waals surface area contributed by atoms with Crippen molar-refractivity contribution in [2.45, 2.75) is 60.8 Å². The fraction of sp³-hybridized carbons (Fsp3) is 0.500. The van der Waals surface area contributed by atoms with E-state index in [2.05, 4.69) is 60.6 Å². The molecule has 1 unspecified atom stereocenters. The molecule has 0 bridgehead atoms. The second-order valence-electron chi connectivity index (χ2n) is 7.11. The summed E-state index contributed by atoms with van der Waals surface area (Å²) in [5.74, 6) is 0.921. The van der Waals surface area contributed by atoms with Crippen molar-refractivity contribution in [3.05, 3.63) is 52.1 Å². The van der Waals surface area contributed by atoms with Crippen molar-refractivity contribution in [1.29, 1.82) is 0 Å². The largest absolute Gasteiger partial charge is 0.508 e. The maximum absolute atomic E-state index is 9.36. The predicted octanol–water partition coefficient (Wildman–Crippen LogP) is 6.56. The van der Waals surface area contributed by atoms with Gasteiger partial charge in [-0.3, -0.25) is 6.08 Å². The van der Waals surface area contributed by atoms with Crippen molar-refractivity contribution in [2.75, 3.05) is 0 Å². The van der Waals surface area contributed by atoms with Crippen molar-refractivity contribution in [1.82, 2.24) is 0 Å². The molecular weight excluding hydrogens is 375 g/mol. The summed E-state index contributed by atoms with van der Waals surface area (Å²) in [6.45, 7) is 17.1. The molecule has 0 heterocycles. The normalized spacial score (nSPS) is 16.0. The van der Waals surface area contributed by atoms with Crippen LogP contribution in [0.25, 0.3) is 0 Å². The molecule has 0 spiro atoms. The second-order valence-corrected chi connectivity index (χ2v) is 7.11. The van der Waals surface area contributed by atoms with E-state index >= 15 is 0 Å². The van der Waals surface area contributed by atoms with Crippen LogP contribution in [0, 0.1) is 18.9 Å². The number of halogens is 2. The molecule has 24 heavy (non-hydrogen) atoms. The summed E-state index contributed by atoms with van der Waals surface area (Å²) < 4.78 is 0. The van der Waals surface area contributed by atoms with Gasteiger partial charge in [0.15, 0.2) is 0 Å². The third-order valence-electron chi connectivity index (χ3n) is 4.16. The minimum absolute atomic E-state index is 0. The number of rotatable bonds is 0. The van der Waals surface area contributed by atoms with Crippen LogP contribution in [0.1, 0.15) is 59.6 Å². The number of phenols is 1. The Morgan fingerprint density at radius 1 is 0.958 bits per heavy atom. The van der Waals surface area contributed by atoms with E-state index in [4.69, 9.17) is 0 Å². The van der Waals surface area contributed by atoms with E-state index in [1.165, 1.54) is 22.3 Å². The van der Waals surface area contributed by atoms with Gasteiger partial charge in [0.05, 0.1) is 0 Å². The van der Waals surface area contributed by atoms with Crippen molar-refractivity contribution < 1.29 is 26.8 Å². The van der Waals surface area contributed by atoms with Gasteiger partial charge in [-0.05, 0) is 35.6 Å². The van der Waals surface area contributed by atoms with E-state index in [1.54, 1.807) is 6.07 Å². The van der Waals surface area contributed by atoms with Gasteiger partial charge in [-0.25, -0.2) is 5.57 Å². The molecule has 0 amide bonds. The zero-order valence-corrected chi connectivity index (χ0v) is 19.3. The average Bonchev–Trinajstić information content (AvgIpc) is 2.55. The molecule has 1 nitrogen and oxygen atoms in total. The summed E-state index contributed by atoms with van der Waals surface area (Å²) in [7, 11) is 0. The monoisotopic (exact) mass is 405 g/mol. The molecule has 1 aromatic carbocycles. The Morgan fingerprint density at radius 3 is 1.71 bits per heavy atom. The van der Waals surface area contributed by atoms with Gasteiger partial charge in [-0.2, -0.15) is 11.1 Å². The van der Waals surface area contributed by atoms with Crippen molar-refractivity contribution in [2.24, 2.45) is 5.92 Å². The molecule has 0 fully saturated rings. The SMILES string of the molecule is CC1=[C-]C(C)C(C)=C1C.Cc1cc(O)cc(C(C)(C)C)c1.Cl.Cl.[Ti]. The van der Waals surface area contributed by atoms with Crippen LogP contribution in [-0.2, 0) is 27.1 Å². The van der Waals surface area contributed by atoms with Crippen LogP contribution < -0.4 is 0 Å². The molecule has 0 aliphatic heterocycles. The first-order valence-corrected chi connectivity index (χ1v) is 7.61. The van der Waals surface area contributed by atoms with Crippen molar-refractivity contribution >= 4 is 24.8 Å². The second kappa shape index (κ2) is 11.4. The molecule has 0 aromatic heterocycles. The molecule has 0 saturated heterocycles. The number of aryl methyl sites for hydroxylation is 1. The van der Waals surface area contributed by atoms with E-state index in [1.807, 2.05) is 13.0 Å². The summed E-state index contributed by atoms with van der Waals surface area (Å²) >= 11 is 0. The van der Waals surface area contributed by atoms with Gasteiger partial charge in [0.2, 0.25) is 0 Å². The van der Waals surface area contributed by atoms with Gasteiger partial charge >= 0.3 is 0 Å². The van der Waals surface area contributed by atoms with Crippen LogP contribution in [0.5, 0.6) is 5.75 Å². The summed E-state index contributed by atoms with van der Waals surface area (Å²) in [6.07, 6.45) is 3.36. The quantitative estimate of drug-likeness (QED) is 0.382. The van der Waals surface area contributed by atoms with Crippen LogP contribution in [0.4, 0.5) is 0 Å². The Kier molecular flexibility index (Phi) is 13.6. The number of allylic oxidation sites excluding steroid dienone is 4. The van der Waals surface area contributed by atoms with E-state index in [0.29, 0.717) is 11.7 Å². The average molecular weight is 406 g/mol. The summed E-state index contributed by atoms with van der Waals surface area (Å²) in [5, 5.41) is 9.36. The molecule has 1 atom stereocenters. The summed E-state index contributed by atoms with van der Waals surface area (Å²) in [4.78, 5) is 0. The Hall–Kier alpha value is -0.206. The Balaban J connectivity index is -0.000000336. The topological polar surface area (TPSA) is 20.2 Å². The third-order valence-corrected chi connectivity index (χ3v) is 4.16. The van der Waals surface area contributed by atoms with Crippen LogP contribution in [0.2, 0.25) is 0 Å². The molecular formula is C20H31Cl2OTi-. The molecule has 1 N–H and O–H groups in total. The first-order valence-electron chi connectivity index (χ1n) is 7.61. The van der Waals surface area contributed by atoms with Crippen LogP contribution in [-0.4, -0.2) is 5.11 Å². The molecule has 0 radical (unpaired) electrons. The fourth-order valence-corrected chi connectivity index (χ4v) is 2.36. The minimum atomic E-state index is 0. The standard InChI is InChI=1S/C11H16O.C9H13.2ClH.Ti/c1-8-5-9(11(2,3)4)7-10(12)6-8;1-6-5-7(2)9(4)8(6)3;;;/h5-7,12H,1-4H3;6H,1-4H3;2*1H;/q;-1;;;. The van der Waals surface area contributed by atoms with Gasteiger partial charge in [0, 0.05) is 21.7 Å². The predicted molar refractivity (Wildman–Crippen MR) is 106 cm³/mol. The van der Waals surface area contributed by atoms with Crippen LogP contribution >= 0.6 is 24.8 Å². The van der Waals surface area contributed by atoms with Gasteiger partial charge in [-0.15, -0.1) is 31.7 Å². The smallest absolute Gasteiger partial charge is 0.116 e. The maximum atomic E-state index is 9.36. The van der Waals surface area contributed by atoms with Gasteiger partial charge in [0.25, 0.3) is 0 Å². The van der Waals surface area contributed by atoms with Crippen LogP contribution in [0.3, 0.4) is 0 Å². The zero-order chi connectivity index (χ0) is 16.4. The molecule has 0 saturated carbocycles. The van der Waals surface area contributed by atoms with Gasteiger partial charge in [0.1, 0.15) is 5.75 Å². The molecule has 4 heteroatoms. The zero-order valence-electron chi connectivity index (χ0n) is 16.1. The fourth-order valence-electron chi connectivity index (χ4n) is 2.36. The number of benzene rings is 1. The number of phenolic OH excluding ortho intramolecular Hbond substituents is 1. The third kappa shape index (κ3) is 8.25. The number of hydrogen-bond acceptors (Lipinski definition) is 1. The Labute approximate surface area is 175 Å².